The molecule has 0 saturated heterocycles. The Morgan fingerprint density at radius 3 is 2.15 bits per heavy atom. The van der Waals surface area contributed by atoms with Crippen LogP contribution in [0.5, 0.6) is 0 Å². The second-order valence-corrected chi connectivity index (χ2v) is 12.1. The van der Waals surface area contributed by atoms with Crippen molar-refractivity contribution in [2.45, 2.75) is 44.0 Å². The minimum Gasteiger partial charge on any atom is -0.465 e. The minimum atomic E-state index is -3.59. The van der Waals surface area contributed by atoms with Gasteiger partial charge in [0, 0.05) is 5.56 Å². The number of esters is 1. The molecule has 0 amide bonds. The second kappa shape index (κ2) is 10.8. The van der Waals surface area contributed by atoms with Gasteiger partial charge in [-0.1, -0.05) is 84.0 Å². The van der Waals surface area contributed by atoms with Gasteiger partial charge in [0.1, 0.15) is 0 Å². The Labute approximate surface area is 228 Å². The summed E-state index contributed by atoms with van der Waals surface area (Å²) < 4.78 is 36.4. The first-order chi connectivity index (χ1) is 18.7. The third kappa shape index (κ3) is 5.67. The highest BCUT2D eigenvalue weighted by Crippen LogP contribution is 2.49. The zero-order valence-electron chi connectivity index (χ0n) is 22.0. The molecular formula is C31H31NO6S. The van der Waals surface area contributed by atoms with E-state index in [1.807, 2.05) is 61.5 Å². The van der Waals surface area contributed by atoms with Gasteiger partial charge >= 0.3 is 5.97 Å². The van der Waals surface area contributed by atoms with Crippen molar-refractivity contribution in [3.63, 3.8) is 0 Å². The number of sulfone groups is 1. The van der Waals surface area contributed by atoms with Gasteiger partial charge in [0.2, 0.25) is 0 Å². The summed E-state index contributed by atoms with van der Waals surface area (Å²) in [6.07, 6.45) is 0.331. The molecule has 1 saturated carbocycles. The van der Waals surface area contributed by atoms with E-state index < -0.39 is 27.1 Å². The molecule has 1 aliphatic carbocycles. The van der Waals surface area contributed by atoms with Crippen molar-refractivity contribution in [3.8, 4) is 22.5 Å². The number of carbonyl (C=O) groups is 1. The molecule has 0 bridgehead atoms. The minimum absolute atomic E-state index is 0.154. The molecule has 1 heterocycles. The molecule has 1 aliphatic rings. The van der Waals surface area contributed by atoms with Crippen LogP contribution in [0.15, 0.2) is 83.4 Å². The van der Waals surface area contributed by atoms with E-state index in [9.17, 15) is 18.3 Å². The molecule has 8 heteroatoms. The predicted molar refractivity (Wildman–Crippen MR) is 149 cm³/mol. The van der Waals surface area contributed by atoms with Crippen LogP contribution in [0, 0.1) is 6.92 Å². The maximum Gasteiger partial charge on any atom is 0.316 e. The molecule has 39 heavy (non-hydrogen) atoms. The SMILES string of the molecule is CCOC(=O)C1(c2ccc(-c3ccc(-c4onc(C)c4C(O)CS(=O)(=O)Cc4ccccc4)cc3)cc2)CC1. The van der Waals surface area contributed by atoms with Crippen molar-refractivity contribution in [2.75, 3.05) is 12.4 Å². The summed E-state index contributed by atoms with van der Waals surface area (Å²) in [5.74, 6) is -0.398. The number of rotatable bonds is 10. The smallest absolute Gasteiger partial charge is 0.316 e. The average molecular weight is 546 g/mol. The summed E-state index contributed by atoms with van der Waals surface area (Å²) in [7, 11) is -3.59. The number of benzene rings is 3. The zero-order valence-corrected chi connectivity index (χ0v) is 22.8. The number of nitrogens with zero attached hydrogens (tertiary/aromatic N) is 1. The van der Waals surface area contributed by atoms with E-state index in [4.69, 9.17) is 9.26 Å². The van der Waals surface area contributed by atoms with E-state index in [1.165, 1.54) is 0 Å². The quantitative estimate of drug-likeness (QED) is 0.260. The summed E-state index contributed by atoms with van der Waals surface area (Å²) in [5, 5.41) is 14.9. The fourth-order valence-corrected chi connectivity index (χ4v) is 6.45. The highest BCUT2D eigenvalue weighted by molar-refractivity contribution is 7.90. The first-order valence-electron chi connectivity index (χ1n) is 13.0. The van der Waals surface area contributed by atoms with Gasteiger partial charge in [0.25, 0.3) is 0 Å². The number of aliphatic hydroxyl groups excluding tert-OH is 1. The van der Waals surface area contributed by atoms with Crippen molar-refractivity contribution in [3.05, 3.63) is 101 Å². The lowest BCUT2D eigenvalue weighted by Gasteiger charge is -2.15. The fourth-order valence-electron chi connectivity index (χ4n) is 4.99. The Hall–Kier alpha value is -3.75. The first kappa shape index (κ1) is 26.8. The van der Waals surface area contributed by atoms with Crippen molar-refractivity contribution in [1.82, 2.24) is 5.16 Å². The molecule has 4 aromatic rings. The van der Waals surface area contributed by atoms with E-state index in [0.29, 0.717) is 34.8 Å². The van der Waals surface area contributed by atoms with Crippen molar-refractivity contribution >= 4 is 15.8 Å². The van der Waals surface area contributed by atoms with Crippen LogP contribution >= 0.6 is 0 Å². The van der Waals surface area contributed by atoms with Gasteiger partial charge in [0.05, 0.1) is 40.9 Å². The first-order valence-corrected chi connectivity index (χ1v) is 14.8. The number of hydrogen-bond acceptors (Lipinski definition) is 7. The van der Waals surface area contributed by atoms with Gasteiger partial charge in [-0.25, -0.2) is 8.42 Å². The normalized spacial score (nSPS) is 15.1. The fraction of sp³-hybridized carbons (Fsp3) is 0.290. The van der Waals surface area contributed by atoms with Crippen molar-refractivity contribution in [2.24, 2.45) is 0 Å². The molecule has 1 N–H and O–H groups in total. The lowest BCUT2D eigenvalue weighted by atomic mass is 9.93. The maximum atomic E-state index is 12.8. The number of aromatic nitrogens is 1. The van der Waals surface area contributed by atoms with E-state index in [2.05, 4.69) is 5.16 Å². The maximum absolute atomic E-state index is 12.8. The Balaban J connectivity index is 1.32. The Morgan fingerprint density at radius 2 is 1.56 bits per heavy atom. The van der Waals surface area contributed by atoms with Gasteiger partial charge in [-0.2, -0.15) is 0 Å². The molecule has 5 rings (SSSR count). The Morgan fingerprint density at radius 1 is 0.974 bits per heavy atom. The molecule has 3 aromatic carbocycles. The second-order valence-electron chi connectivity index (χ2n) is 10.0. The van der Waals surface area contributed by atoms with E-state index in [1.54, 1.807) is 31.2 Å². The van der Waals surface area contributed by atoms with E-state index >= 15 is 0 Å². The van der Waals surface area contributed by atoms with Crippen molar-refractivity contribution in [1.29, 1.82) is 0 Å². The molecule has 202 valence electrons. The lowest BCUT2D eigenvalue weighted by Crippen LogP contribution is -2.23. The van der Waals surface area contributed by atoms with Crippen LogP contribution in [0.3, 0.4) is 0 Å². The summed E-state index contributed by atoms with van der Waals surface area (Å²) in [6.45, 7) is 3.88. The van der Waals surface area contributed by atoms with Gasteiger partial charge in [-0.3, -0.25) is 4.79 Å². The Kier molecular flexibility index (Phi) is 7.42. The number of carbonyl (C=O) groups excluding carboxylic acids is 1. The monoisotopic (exact) mass is 545 g/mol. The van der Waals surface area contributed by atoms with Crippen LogP contribution < -0.4 is 0 Å². The third-order valence-corrected chi connectivity index (χ3v) is 8.81. The van der Waals surface area contributed by atoms with Gasteiger partial charge in [0.15, 0.2) is 15.6 Å². The molecule has 1 unspecified atom stereocenters. The summed E-state index contributed by atoms with van der Waals surface area (Å²) >= 11 is 0. The van der Waals surface area contributed by atoms with Crippen LogP contribution in [0.4, 0.5) is 0 Å². The molecular weight excluding hydrogens is 514 g/mol. The van der Waals surface area contributed by atoms with Gasteiger partial charge in [-0.15, -0.1) is 0 Å². The van der Waals surface area contributed by atoms with E-state index in [0.717, 1.165) is 29.5 Å². The van der Waals surface area contributed by atoms with Crippen LogP contribution in [-0.4, -0.2) is 37.0 Å². The van der Waals surface area contributed by atoms with E-state index in [-0.39, 0.29) is 11.7 Å². The molecule has 1 aromatic heterocycles. The topological polar surface area (TPSA) is 107 Å². The van der Waals surface area contributed by atoms with Crippen molar-refractivity contribution < 1.29 is 27.6 Å². The zero-order chi connectivity index (χ0) is 27.6. The molecule has 0 spiro atoms. The Bertz CT molecular complexity index is 1550. The number of hydrogen-bond donors (Lipinski definition) is 1. The van der Waals surface area contributed by atoms with Gasteiger partial charge < -0.3 is 14.4 Å². The molecule has 0 radical (unpaired) electrons. The molecule has 7 nitrogen and oxygen atoms in total. The molecule has 1 atom stereocenters. The average Bonchev–Trinajstić information content (AvgIpc) is 3.65. The highest BCUT2D eigenvalue weighted by atomic mass is 32.2. The van der Waals surface area contributed by atoms with Crippen LogP contribution in [-0.2, 0) is 30.5 Å². The van der Waals surface area contributed by atoms with Gasteiger partial charge in [-0.05, 0) is 48.9 Å². The predicted octanol–water partition coefficient (Wildman–Crippen LogP) is 5.56. The summed E-state index contributed by atoms with van der Waals surface area (Å²) in [4.78, 5) is 12.4. The summed E-state index contributed by atoms with van der Waals surface area (Å²) in [6, 6.07) is 24.4. The highest BCUT2D eigenvalue weighted by Gasteiger charge is 2.52. The van der Waals surface area contributed by atoms with Crippen LogP contribution in [0.1, 0.15) is 48.3 Å². The molecule has 0 aliphatic heterocycles. The van der Waals surface area contributed by atoms with Crippen LogP contribution in [0.2, 0.25) is 0 Å². The molecule has 1 fully saturated rings. The lowest BCUT2D eigenvalue weighted by molar-refractivity contribution is -0.146. The standard InChI is InChI=1S/C31H31NO6S/c1-3-37-30(34)31(17-18-31)26-15-13-24(14-16-26)23-9-11-25(12-10-23)29-28(21(2)32-38-29)27(33)20-39(35,36)19-22-7-5-4-6-8-22/h4-16,27,33H,3,17-20H2,1-2H3. The number of aliphatic hydroxyl groups is 1. The van der Waals surface area contributed by atoms with Crippen LogP contribution in [0.25, 0.3) is 22.5 Å². The number of ether oxygens (including phenoxy) is 1. The largest absolute Gasteiger partial charge is 0.465 e. The third-order valence-electron chi connectivity index (χ3n) is 7.22. The number of aryl methyl sites for hydroxylation is 1. The summed E-state index contributed by atoms with van der Waals surface area (Å²) in [5.41, 5.74) is 4.60.